The van der Waals surface area contributed by atoms with Crippen molar-refractivity contribution in [3.8, 4) is 6.07 Å². The molecule has 0 spiro atoms. The predicted octanol–water partition coefficient (Wildman–Crippen LogP) is 5.29. The Balaban J connectivity index is 1.37. The minimum absolute atomic E-state index is 0.216. The van der Waals surface area contributed by atoms with Gasteiger partial charge in [0.25, 0.3) is 5.91 Å². The summed E-state index contributed by atoms with van der Waals surface area (Å²) in [5.41, 5.74) is 5.20. The molecule has 158 valence electrons. The number of carbonyl (C=O) groups excluding carboxylic acids is 1. The number of hydrogen-bond acceptors (Lipinski definition) is 5. The highest BCUT2D eigenvalue weighted by Crippen LogP contribution is 2.37. The molecule has 0 saturated carbocycles. The van der Waals surface area contributed by atoms with Crippen LogP contribution < -0.4 is 5.32 Å². The number of amides is 1. The lowest BCUT2D eigenvalue weighted by atomic mass is 10.0. The maximum atomic E-state index is 13.0. The van der Waals surface area contributed by atoms with E-state index >= 15 is 0 Å². The number of fused-ring (bicyclic) bond motifs is 2. The molecule has 2 aromatic carbocycles. The smallest absolute Gasteiger partial charge is 0.256 e. The number of thiophene rings is 1. The quantitative estimate of drug-likeness (QED) is 0.470. The zero-order chi connectivity index (χ0) is 22.1. The monoisotopic (exact) mass is 438 g/mol. The van der Waals surface area contributed by atoms with Crippen molar-refractivity contribution in [1.29, 1.82) is 5.26 Å². The van der Waals surface area contributed by atoms with Crippen LogP contribution in [0.5, 0.6) is 0 Å². The van der Waals surface area contributed by atoms with Crippen LogP contribution in [0.4, 0.5) is 5.00 Å². The van der Waals surface area contributed by atoms with Crippen LogP contribution in [0.1, 0.15) is 37.6 Å². The van der Waals surface area contributed by atoms with Gasteiger partial charge in [0.05, 0.1) is 11.1 Å². The van der Waals surface area contributed by atoms with Gasteiger partial charge in [-0.3, -0.25) is 14.7 Å². The Hall–Kier alpha value is -3.53. The molecule has 6 heteroatoms. The van der Waals surface area contributed by atoms with Crippen molar-refractivity contribution >= 4 is 33.1 Å². The summed E-state index contributed by atoms with van der Waals surface area (Å²) in [5, 5.41) is 14.4. The molecule has 3 heterocycles. The van der Waals surface area contributed by atoms with Crippen LogP contribution in [0.15, 0.2) is 60.7 Å². The average Bonchev–Trinajstić information content (AvgIpc) is 3.15. The number of anilines is 1. The molecular formula is C26H22N4OS. The molecule has 0 radical (unpaired) electrons. The minimum atomic E-state index is -0.216. The highest BCUT2D eigenvalue weighted by atomic mass is 32.1. The van der Waals surface area contributed by atoms with E-state index in [1.54, 1.807) is 12.1 Å². The van der Waals surface area contributed by atoms with Gasteiger partial charge >= 0.3 is 0 Å². The number of nitrogens with zero attached hydrogens (tertiary/aromatic N) is 3. The van der Waals surface area contributed by atoms with E-state index in [9.17, 15) is 10.1 Å². The van der Waals surface area contributed by atoms with Gasteiger partial charge in [0.1, 0.15) is 11.1 Å². The van der Waals surface area contributed by atoms with Crippen molar-refractivity contribution in [3.05, 3.63) is 93.5 Å². The standard InChI is InChI=1S/C26H22N4OS/c1-17-7-8-19-9-10-20(13-23(19)28-17)25(31)29-26-22(14-27)21-11-12-30(16-24(21)32-26)15-18-5-3-2-4-6-18/h2-10,13H,11-12,15-16H2,1H3,(H,29,31). The Bertz CT molecular complexity index is 1350. The summed E-state index contributed by atoms with van der Waals surface area (Å²) in [6.45, 7) is 4.50. The number of pyridine rings is 1. The summed E-state index contributed by atoms with van der Waals surface area (Å²) in [6, 6.07) is 22.2. The first-order valence-corrected chi connectivity index (χ1v) is 11.4. The molecule has 2 aromatic heterocycles. The van der Waals surface area contributed by atoms with Gasteiger partial charge in [-0.15, -0.1) is 11.3 Å². The Morgan fingerprint density at radius 3 is 2.81 bits per heavy atom. The summed E-state index contributed by atoms with van der Waals surface area (Å²) in [6.07, 6.45) is 0.816. The second-order valence-corrected chi connectivity index (χ2v) is 9.19. The summed E-state index contributed by atoms with van der Waals surface area (Å²) < 4.78 is 0. The van der Waals surface area contributed by atoms with E-state index in [1.807, 2.05) is 31.2 Å². The molecule has 1 aliphatic rings. The van der Waals surface area contributed by atoms with Gasteiger partial charge in [-0.25, -0.2) is 0 Å². The van der Waals surface area contributed by atoms with E-state index < -0.39 is 0 Å². The first-order valence-electron chi connectivity index (χ1n) is 10.6. The molecule has 5 rings (SSSR count). The van der Waals surface area contributed by atoms with Crippen molar-refractivity contribution in [1.82, 2.24) is 9.88 Å². The average molecular weight is 439 g/mol. The third kappa shape index (κ3) is 4.01. The molecule has 0 atom stereocenters. The van der Waals surface area contributed by atoms with Crippen molar-refractivity contribution in [3.63, 3.8) is 0 Å². The molecule has 0 bridgehead atoms. The van der Waals surface area contributed by atoms with E-state index in [4.69, 9.17) is 0 Å². The molecule has 0 fully saturated rings. The normalized spacial score (nSPS) is 13.5. The van der Waals surface area contributed by atoms with E-state index in [2.05, 4.69) is 45.5 Å². The molecule has 1 amide bonds. The summed E-state index contributed by atoms with van der Waals surface area (Å²) in [5.74, 6) is -0.216. The molecule has 5 nitrogen and oxygen atoms in total. The molecule has 4 aromatic rings. The molecule has 0 unspecified atom stereocenters. The molecule has 1 aliphatic heterocycles. The third-order valence-corrected chi connectivity index (χ3v) is 6.95. The number of aromatic nitrogens is 1. The van der Waals surface area contributed by atoms with Gasteiger partial charge in [-0.2, -0.15) is 5.26 Å². The van der Waals surface area contributed by atoms with E-state index in [0.29, 0.717) is 16.1 Å². The van der Waals surface area contributed by atoms with Crippen LogP contribution in [0.2, 0.25) is 0 Å². The Labute approximate surface area is 190 Å². The molecular weight excluding hydrogens is 416 g/mol. The molecule has 0 saturated heterocycles. The number of aryl methyl sites for hydroxylation is 1. The van der Waals surface area contributed by atoms with Crippen molar-refractivity contribution in [2.24, 2.45) is 0 Å². The van der Waals surface area contributed by atoms with Gasteiger partial charge in [0.15, 0.2) is 0 Å². The highest BCUT2D eigenvalue weighted by molar-refractivity contribution is 7.16. The molecule has 1 N–H and O–H groups in total. The summed E-state index contributed by atoms with van der Waals surface area (Å²) >= 11 is 1.52. The van der Waals surface area contributed by atoms with Crippen LogP contribution in [0.3, 0.4) is 0 Å². The van der Waals surface area contributed by atoms with Crippen LogP contribution in [-0.4, -0.2) is 22.3 Å². The fourth-order valence-electron chi connectivity index (χ4n) is 4.17. The van der Waals surface area contributed by atoms with E-state index in [1.165, 1.54) is 16.9 Å². The number of hydrogen-bond donors (Lipinski definition) is 1. The van der Waals surface area contributed by atoms with Gasteiger partial charge in [-0.1, -0.05) is 42.5 Å². The van der Waals surface area contributed by atoms with Gasteiger partial charge in [0.2, 0.25) is 0 Å². The zero-order valence-electron chi connectivity index (χ0n) is 17.8. The Kier molecular flexibility index (Phi) is 5.44. The Morgan fingerprint density at radius 2 is 2.00 bits per heavy atom. The molecule has 0 aliphatic carbocycles. The van der Waals surface area contributed by atoms with E-state index in [0.717, 1.165) is 53.1 Å². The van der Waals surface area contributed by atoms with Crippen LogP contribution in [0.25, 0.3) is 10.9 Å². The molecule has 32 heavy (non-hydrogen) atoms. The topological polar surface area (TPSA) is 69.0 Å². The third-order valence-electron chi connectivity index (χ3n) is 5.82. The summed E-state index contributed by atoms with van der Waals surface area (Å²) in [7, 11) is 0. The lowest BCUT2D eigenvalue weighted by molar-refractivity contribution is 0.102. The van der Waals surface area contributed by atoms with Crippen LogP contribution >= 0.6 is 11.3 Å². The van der Waals surface area contributed by atoms with Crippen LogP contribution in [-0.2, 0) is 19.5 Å². The van der Waals surface area contributed by atoms with E-state index in [-0.39, 0.29) is 5.91 Å². The predicted molar refractivity (Wildman–Crippen MR) is 128 cm³/mol. The van der Waals surface area contributed by atoms with Gasteiger partial charge < -0.3 is 5.32 Å². The number of rotatable bonds is 4. The van der Waals surface area contributed by atoms with Gasteiger partial charge in [-0.05, 0) is 42.7 Å². The largest absolute Gasteiger partial charge is 0.312 e. The highest BCUT2D eigenvalue weighted by Gasteiger charge is 2.25. The second-order valence-electron chi connectivity index (χ2n) is 8.08. The SMILES string of the molecule is Cc1ccc2ccc(C(=O)Nc3sc4c(c3C#N)CCN(Cc3ccccc3)C4)cc2n1. The first-order chi connectivity index (χ1) is 15.6. The number of carbonyl (C=O) groups is 1. The van der Waals surface area contributed by atoms with Crippen LogP contribution in [0, 0.1) is 18.3 Å². The lowest BCUT2D eigenvalue weighted by Gasteiger charge is -2.26. The maximum Gasteiger partial charge on any atom is 0.256 e. The maximum absolute atomic E-state index is 13.0. The zero-order valence-corrected chi connectivity index (χ0v) is 18.6. The minimum Gasteiger partial charge on any atom is -0.312 e. The van der Waals surface area contributed by atoms with Crippen molar-refractivity contribution in [2.45, 2.75) is 26.4 Å². The van der Waals surface area contributed by atoms with Crippen molar-refractivity contribution in [2.75, 3.05) is 11.9 Å². The van der Waals surface area contributed by atoms with Gasteiger partial charge in [0, 0.05) is 41.2 Å². The fourth-order valence-corrected chi connectivity index (χ4v) is 5.41. The lowest BCUT2D eigenvalue weighted by Crippen LogP contribution is -2.29. The summed E-state index contributed by atoms with van der Waals surface area (Å²) in [4.78, 5) is 21.0. The number of nitriles is 1. The number of nitrogens with one attached hydrogen (secondary N) is 1. The second kappa shape index (κ2) is 8.54. The Morgan fingerprint density at radius 1 is 1.19 bits per heavy atom. The fraction of sp³-hybridized carbons (Fsp3) is 0.192. The number of benzene rings is 2. The van der Waals surface area contributed by atoms with Crippen molar-refractivity contribution < 1.29 is 4.79 Å². The first kappa shape index (κ1) is 20.4.